The van der Waals surface area contributed by atoms with Crippen molar-refractivity contribution in [3.63, 3.8) is 0 Å². The zero-order valence-electron chi connectivity index (χ0n) is 10.0. The number of ether oxygens (including phenoxy) is 1. The van der Waals surface area contributed by atoms with Crippen molar-refractivity contribution in [2.45, 2.75) is 44.6 Å². The monoisotopic (exact) mass is 238 g/mol. The largest absolute Gasteiger partial charge is 0.450 e. The number of aromatic nitrogens is 1. The molecular weight excluding hydrogens is 220 g/mol. The van der Waals surface area contributed by atoms with Gasteiger partial charge in [0, 0.05) is 12.0 Å². The van der Waals surface area contributed by atoms with Crippen molar-refractivity contribution in [3.05, 3.63) is 18.4 Å². The van der Waals surface area contributed by atoms with E-state index in [9.17, 15) is 4.79 Å². The van der Waals surface area contributed by atoms with Gasteiger partial charge in [-0.3, -0.25) is 0 Å². The molecule has 5 nitrogen and oxygen atoms in total. The lowest BCUT2D eigenvalue weighted by atomic mass is 9.80. The van der Waals surface area contributed by atoms with Gasteiger partial charge in [0.15, 0.2) is 5.89 Å². The van der Waals surface area contributed by atoms with Crippen LogP contribution in [-0.2, 0) is 4.74 Å². The summed E-state index contributed by atoms with van der Waals surface area (Å²) in [6.45, 7) is 2.56. The Morgan fingerprint density at radius 2 is 2.47 bits per heavy atom. The van der Waals surface area contributed by atoms with Crippen molar-refractivity contribution in [2.75, 3.05) is 6.61 Å². The minimum atomic E-state index is -0.311. The minimum Gasteiger partial charge on any atom is -0.450 e. The predicted octanol–water partition coefficient (Wildman–Crippen LogP) is 2.45. The topological polar surface area (TPSA) is 64.4 Å². The highest BCUT2D eigenvalue weighted by Gasteiger charge is 2.34. The Balaban J connectivity index is 1.62. The number of oxazole rings is 1. The van der Waals surface area contributed by atoms with E-state index in [1.807, 2.05) is 0 Å². The van der Waals surface area contributed by atoms with Gasteiger partial charge in [-0.1, -0.05) is 13.3 Å². The average Bonchev–Trinajstić information content (AvgIpc) is 2.76. The van der Waals surface area contributed by atoms with E-state index in [2.05, 4.69) is 17.2 Å². The van der Waals surface area contributed by atoms with Gasteiger partial charge in [-0.25, -0.2) is 9.78 Å². The van der Waals surface area contributed by atoms with E-state index in [-0.39, 0.29) is 12.1 Å². The Kier molecular flexibility index (Phi) is 4.01. The van der Waals surface area contributed by atoms with Gasteiger partial charge in [0.25, 0.3) is 0 Å². The Labute approximate surface area is 101 Å². The van der Waals surface area contributed by atoms with Gasteiger partial charge in [-0.15, -0.1) is 0 Å². The summed E-state index contributed by atoms with van der Waals surface area (Å²) in [5.74, 6) is 1.10. The molecule has 0 bridgehead atoms. The fourth-order valence-corrected chi connectivity index (χ4v) is 1.89. The lowest BCUT2D eigenvalue weighted by Crippen LogP contribution is -2.43. The molecule has 94 valence electrons. The molecule has 0 saturated heterocycles. The number of hydrogen-bond acceptors (Lipinski definition) is 4. The van der Waals surface area contributed by atoms with Crippen molar-refractivity contribution in [1.29, 1.82) is 0 Å². The van der Waals surface area contributed by atoms with Crippen molar-refractivity contribution in [3.8, 4) is 0 Å². The standard InChI is InChI=1S/C12H18N2O3/c1-2-3-5-17-12(15)14-10-7-9(8-10)11-13-4-6-16-11/h4,6,9-10H,2-3,5,7-8H2,1H3,(H,14,15). The van der Waals surface area contributed by atoms with E-state index in [1.165, 1.54) is 0 Å². The zero-order chi connectivity index (χ0) is 12.1. The first-order valence-electron chi connectivity index (χ1n) is 6.12. The third-order valence-corrected chi connectivity index (χ3v) is 2.99. The van der Waals surface area contributed by atoms with Crippen LogP contribution in [-0.4, -0.2) is 23.7 Å². The van der Waals surface area contributed by atoms with E-state index < -0.39 is 0 Å². The van der Waals surface area contributed by atoms with Crippen LogP contribution >= 0.6 is 0 Å². The number of rotatable bonds is 5. The van der Waals surface area contributed by atoms with Crippen LogP contribution < -0.4 is 5.32 Å². The molecule has 1 saturated carbocycles. The molecule has 1 aliphatic carbocycles. The highest BCUT2D eigenvalue weighted by molar-refractivity contribution is 5.67. The summed E-state index contributed by atoms with van der Waals surface area (Å²) in [4.78, 5) is 15.4. The Hall–Kier alpha value is -1.52. The van der Waals surface area contributed by atoms with Gasteiger partial charge in [0.1, 0.15) is 6.26 Å². The van der Waals surface area contributed by atoms with E-state index in [0.29, 0.717) is 12.5 Å². The van der Waals surface area contributed by atoms with Crippen LogP contribution in [0.5, 0.6) is 0 Å². The summed E-state index contributed by atoms with van der Waals surface area (Å²) in [6, 6.07) is 0.195. The maximum Gasteiger partial charge on any atom is 0.407 e. The van der Waals surface area contributed by atoms with Gasteiger partial charge in [-0.05, 0) is 19.3 Å². The number of amides is 1. The summed E-state index contributed by atoms with van der Waals surface area (Å²) >= 11 is 0. The molecule has 17 heavy (non-hydrogen) atoms. The highest BCUT2D eigenvalue weighted by Crippen LogP contribution is 2.35. The lowest BCUT2D eigenvalue weighted by Gasteiger charge is -2.33. The molecule has 0 radical (unpaired) electrons. The molecule has 1 N–H and O–H groups in total. The first kappa shape index (κ1) is 12.0. The predicted molar refractivity (Wildman–Crippen MR) is 61.7 cm³/mol. The van der Waals surface area contributed by atoms with Crippen molar-refractivity contribution in [1.82, 2.24) is 10.3 Å². The zero-order valence-corrected chi connectivity index (χ0v) is 10.0. The van der Waals surface area contributed by atoms with Crippen molar-refractivity contribution >= 4 is 6.09 Å². The third kappa shape index (κ3) is 3.22. The van der Waals surface area contributed by atoms with Crippen LogP contribution in [0, 0.1) is 0 Å². The molecule has 0 aromatic carbocycles. The van der Waals surface area contributed by atoms with Crippen LogP contribution in [0.1, 0.15) is 44.4 Å². The summed E-state index contributed by atoms with van der Waals surface area (Å²) in [5, 5.41) is 2.84. The summed E-state index contributed by atoms with van der Waals surface area (Å²) < 4.78 is 10.2. The molecule has 0 atom stereocenters. The normalized spacial score (nSPS) is 22.9. The average molecular weight is 238 g/mol. The number of alkyl carbamates (subject to hydrolysis) is 1. The fourth-order valence-electron chi connectivity index (χ4n) is 1.89. The molecule has 2 rings (SSSR count). The second kappa shape index (κ2) is 5.70. The van der Waals surface area contributed by atoms with Gasteiger partial charge < -0.3 is 14.5 Å². The summed E-state index contributed by atoms with van der Waals surface area (Å²) in [5.41, 5.74) is 0. The number of carbonyl (C=O) groups is 1. The molecule has 1 heterocycles. The SMILES string of the molecule is CCCCOC(=O)NC1CC(c2ncco2)C1. The van der Waals surface area contributed by atoms with Crippen LogP contribution in [0.15, 0.2) is 16.9 Å². The molecule has 0 unspecified atom stereocenters. The quantitative estimate of drug-likeness (QED) is 0.800. The second-order valence-electron chi connectivity index (χ2n) is 4.37. The summed E-state index contributed by atoms with van der Waals surface area (Å²) in [6.07, 6.45) is 6.62. The van der Waals surface area contributed by atoms with Crippen LogP contribution in [0.3, 0.4) is 0 Å². The maximum atomic E-state index is 11.3. The molecule has 1 aliphatic rings. The Bertz CT molecular complexity index is 345. The Morgan fingerprint density at radius 1 is 1.65 bits per heavy atom. The number of carbonyl (C=O) groups excluding carboxylic acids is 1. The maximum absolute atomic E-state index is 11.3. The van der Waals surface area contributed by atoms with E-state index in [4.69, 9.17) is 9.15 Å². The second-order valence-corrected chi connectivity index (χ2v) is 4.37. The van der Waals surface area contributed by atoms with E-state index in [0.717, 1.165) is 31.6 Å². The van der Waals surface area contributed by atoms with Crippen LogP contribution in [0.25, 0.3) is 0 Å². The van der Waals surface area contributed by atoms with Crippen LogP contribution in [0.4, 0.5) is 4.79 Å². The molecule has 1 aromatic rings. The molecule has 1 aromatic heterocycles. The first-order chi connectivity index (χ1) is 8.29. The van der Waals surface area contributed by atoms with Crippen molar-refractivity contribution in [2.24, 2.45) is 0 Å². The number of nitrogens with zero attached hydrogens (tertiary/aromatic N) is 1. The van der Waals surface area contributed by atoms with Crippen molar-refractivity contribution < 1.29 is 13.9 Å². The van der Waals surface area contributed by atoms with E-state index in [1.54, 1.807) is 12.5 Å². The smallest absolute Gasteiger partial charge is 0.407 e. The number of nitrogens with one attached hydrogen (secondary N) is 1. The van der Waals surface area contributed by atoms with Crippen LogP contribution in [0.2, 0.25) is 0 Å². The van der Waals surface area contributed by atoms with Gasteiger partial charge in [-0.2, -0.15) is 0 Å². The number of hydrogen-bond donors (Lipinski definition) is 1. The molecule has 1 fully saturated rings. The third-order valence-electron chi connectivity index (χ3n) is 2.99. The lowest BCUT2D eigenvalue weighted by molar-refractivity contribution is 0.130. The molecule has 5 heteroatoms. The molecular formula is C12H18N2O3. The fraction of sp³-hybridized carbons (Fsp3) is 0.667. The van der Waals surface area contributed by atoms with Gasteiger partial charge in [0.05, 0.1) is 12.8 Å². The Morgan fingerprint density at radius 3 is 3.12 bits per heavy atom. The summed E-state index contributed by atoms with van der Waals surface area (Å²) in [7, 11) is 0. The first-order valence-corrected chi connectivity index (χ1v) is 6.12. The number of unbranched alkanes of at least 4 members (excludes halogenated alkanes) is 1. The van der Waals surface area contributed by atoms with E-state index >= 15 is 0 Å². The highest BCUT2D eigenvalue weighted by atomic mass is 16.5. The molecule has 1 amide bonds. The van der Waals surface area contributed by atoms with Gasteiger partial charge in [0.2, 0.25) is 0 Å². The molecule has 0 spiro atoms. The van der Waals surface area contributed by atoms with Gasteiger partial charge >= 0.3 is 6.09 Å². The molecule has 0 aliphatic heterocycles. The minimum absolute atomic E-state index is 0.195.